The lowest BCUT2D eigenvalue weighted by atomic mass is 10.2. The highest BCUT2D eigenvalue weighted by Gasteiger charge is 2.20. The van der Waals surface area contributed by atoms with Gasteiger partial charge in [-0.25, -0.2) is 13.8 Å². The molecule has 142 valence electrons. The van der Waals surface area contributed by atoms with Gasteiger partial charge in [0.1, 0.15) is 23.9 Å². The fourth-order valence-corrected chi connectivity index (χ4v) is 2.70. The van der Waals surface area contributed by atoms with Crippen molar-refractivity contribution in [2.75, 3.05) is 6.61 Å². The van der Waals surface area contributed by atoms with Gasteiger partial charge in [0.05, 0.1) is 17.9 Å². The summed E-state index contributed by atoms with van der Waals surface area (Å²) in [5.41, 5.74) is 0.935. The quantitative estimate of drug-likeness (QED) is 0.695. The number of halogens is 2. The van der Waals surface area contributed by atoms with Crippen LogP contribution in [0.5, 0.6) is 5.75 Å². The van der Waals surface area contributed by atoms with Gasteiger partial charge < -0.3 is 15.2 Å². The molecule has 0 radical (unpaired) electrons. The van der Waals surface area contributed by atoms with Gasteiger partial charge in [0, 0.05) is 12.2 Å². The van der Waals surface area contributed by atoms with Gasteiger partial charge in [0.2, 0.25) is 0 Å². The third-order valence-electron chi connectivity index (χ3n) is 4.09. The summed E-state index contributed by atoms with van der Waals surface area (Å²) in [7, 11) is 0. The molecule has 1 atom stereocenters. The number of aliphatic hydroxyl groups excluding tert-OH is 1. The molecule has 2 heterocycles. The second-order valence-electron chi connectivity index (χ2n) is 6.16. The van der Waals surface area contributed by atoms with Gasteiger partial charge in [-0.3, -0.25) is 9.20 Å². The maximum atomic E-state index is 13.8. The minimum absolute atomic E-state index is 0.183. The zero-order valence-electron chi connectivity index (χ0n) is 14.9. The van der Waals surface area contributed by atoms with Crippen LogP contribution in [0, 0.1) is 18.6 Å². The lowest BCUT2D eigenvalue weighted by Crippen LogP contribution is -2.36. The maximum absolute atomic E-state index is 13.8. The van der Waals surface area contributed by atoms with Gasteiger partial charge in [-0.15, -0.1) is 0 Å². The molecule has 8 heteroatoms. The molecule has 0 saturated carbocycles. The van der Waals surface area contributed by atoms with E-state index in [2.05, 4.69) is 10.3 Å². The number of aryl methyl sites for hydroxylation is 1. The second kappa shape index (κ2) is 7.71. The number of carbonyl (C=O) groups excluding carboxylic acids is 1. The molecule has 6 nitrogen and oxygen atoms in total. The van der Waals surface area contributed by atoms with Crippen LogP contribution in [0.25, 0.3) is 5.65 Å². The van der Waals surface area contributed by atoms with E-state index in [9.17, 15) is 13.6 Å². The molecule has 0 bridgehead atoms. The number of rotatable bonds is 6. The predicted octanol–water partition coefficient (Wildman–Crippen LogP) is 2.61. The molecule has 1 amide bonds. The Hall–Kier alpha value is -3.00. The Balaban J connectivity index is 1.92. The highest BCUT2D eigenvalue weighted by molar-refractivity contribution is 5.95. The lowest BCUT2D eigenvalue weighted by molar-refractivity contribution is 0.0915. The first-order valence-electron chi connectivity index (χ1n) is 8.37. The van der Waals surface area contributed by atoms with Gasteiger partial charge in [-0.2, -0.15) is 0 Å². The summed E-state index contributed by atoms with van der Waals surface area (Å²) in [6.07, 6.45) is 1.64. The molecule has 0 aliphatic rings. The van der Waals surface area contributed by atoms with Gasteiger partial charge in [0.25, 0.3) is 5.91 Å². The lowest BCUT2D eigenvalue weighted by Gasteiger charge is -2.12. The van der Waals surface area contributed by atoms with Gasteiger partial charge >= 0.3 is 0 Å². The highest BCUT2D eigenvalue weighted by Crippen LogP contribution is 2.24. The average Bonchev–Trinajstić information content (AvgIpc) is 2.97. The molecule has 0 spiro atoms. The van der Waals surface area contributed by atoms with Crippen LogP contribution in [0.1, 0.15) is 28.7 Å². The van der Waals surface area contributed by atoms with Crippen molar-refractivity contribution in [2.45, 2.75) is 26.5 Å². The van der Waals surface area contributed by atoms with Crippen molar-refractivity contribution in [3.8, 4) is 5.75 Å². The Kier molecular flexibility index (Phi) is 5.36. The van der Waals surface area contributed by atoms with Crippen LogP contribution in [0.3, 0.4) is 0 Å². The summed E-state index contributed by atoms with van der Waals surface area (Å²) >= 11 is 0. The summed E-state index contributed by atoms with van der Waals surface area (Å²) in [4.78, 5) is 16.8. The van der Waals surface area contributed by atoms with E-state index < -0.39 is 17.7 Å². The number of imidazole rings is 1. The van der Waals surface area contributed by atoms with Crippen LogP contribution in [-0.2, 0) is 6.61 Å². The van der Waals surface area contributed by atoms with Crippen molar-refractivity contribution >= 4 is 11.6 Å². The van der Waals surface area contributed by atoms with Crippen LogP contribution in [0.2, 0.25) is 0 Å². The largest absolute Gasteiger partial charge is 0.485 e. The summed E-state index contributed by atoms with van der Waals surface area (Å²) in [6, 6.07) is 6.45. The van der Waals surface area contributed by atoms with Crippen LogP contribution in [0.4, 0.5) is 8.78 Å². The molecule has 0 aliphatic heterocycles. The number of amides is 1. The first-order chi connectivity index (χ1) is 12.9. The molecule has 0 fully saturated rings. The number of pyridine rings is 1. The van der Waals surface area contributed by atoms with E-state index in [1.807, 2.05) is 0 Å². The van der Waals surface area contributed by atoms with Gasteiger partial charge in [0.15, 0.2) is 11.4 Å². The van der Waals surface area contributed by atoms with E-state index in [0.717, 1.165) is 12.1 Å². The van der Waals surface area contributed by atoms with Crippen molar-refractivity contribution in [2.24, 2.45) is 0 Å². The summed E-state index contributed by atoms with van der Waals surface area (Å²) in [6.45, 7) is 2.84. The van der Waals surface area contributed by atoms with Gasteiger partial charge in [-0.1, -0.05) is 6.07 Å². The number of ether oxygens (including phenoxy) is 1. The smallest absolute Gasteiger partial charge is 0.270 e. The number of nitrogens with one attached hydrogen (secondary N) is 1. The summed E-state index contributed by atoms with van der Waals surface area (Å²) in [5.74, 6) is -1.49. The van der Waals surface area contributed by atoms with Crippen LogP contribution in [0.15, 0.2) is 36.5 Å². The van der Waals surface area contributed by atoms with E-state index in [1.54, 1.807) is 36.6 Å². The molecular formula is C19H19F2N3O3. The molecular weight excluding hydrogens is 356 g/mol. The number of aromatic nitrogens is 2. The molecule has 1 aromatic carbocycles. The number of hydrogen-bond acceptors (Lipinski definition) is 4. The van der Waals surface area contributed by atoms with E-state index >= 15 is 0 Å². The topological polar surface area (TPSA) is 75.9 Å². The number of nitrogens with zero attached hydrogens (tertiary/aromatic N) is 2. The average molecular weight is 375 g/mol. The van der Waals surface area contributed by atoms with Crippen molar-refractivity contribution in [1.82, 2.24) is 14.7 Å². The number of fused-ring (bicyclic) bond motifs is 1. The number of hydrogen-bond donors (Lipinski definition) is 2. The minimum Gasteiger partial charge on any atom is -0.485 e. The van der Waals surface area contributed by atoms with Crippen LogP contribution < -0.4 is 10.1 Å². The Morgan fingerprint density at radius 3 is 2.67 bits per heavy atom. The molecule has 2 N–H and O–H groups in total. The first-order valence-corrected chi connectivity index (χ1v) is 8.37. The maximum Gasteiger partial charge on any atom is 0.270 e. The minimum atomic E-state index is -0.695. The molecule has 3 aromatic rings. The Bertz CT molecular complexity index is 967. The molecule has 2 aromatic heterocycles. The fourth-order valence-electron chi connectivity index (χ4n) is 2.70. The normalized spacial score (nSPS) is 12.2. The third kappa shape index (κ3) is 3.75. The van der Waals surface area contributed by atoms with Crippen molar-refractivity contribution in [3.63, 3.8) is 0 Å². The predicted molar refractivity (Wildman–Crippen MR) is 94.6 cm³/mol. The molecule has 0 unspecified atom stereocenters. The van der Waals surface area contributed by atoms with E-state index in [4.69, 9.17) is 9.84 Å². The summed E-state index contributed by atoms with van der Waals surface area (Å²) < 4.78 is 34.7. The fraction of sp³-hybridized carbons (Fsp3) is 0.263. The Morgan fingerprint density at radius 1 is 1.30 bits per heavy atom. The molecule has 27 heavy (non-hydrogen) atoms. The molecule has 3 rings (SSSR count). The van der Waals surface area contributed by atoms with Crippen LogP contribution >= 0.6 is 0 Å². The summed E-state index contributed by atoms with van der Waals surface area (Å²) in [5, 5.41) is 11.8. The Morgan fingerprint density at radius 2 is 2.00 bits per heavy atom. The second-order valence-corrected chi connectivity index (χ2v) is 6.16. The number of aliphatic hydroxyl groups is 1. The monoisotopic (exact) mass is 375 g/mol. The Labute approximate surface area is 154 Å². The SMILES string of the molecule is Cc1nc2c(OCc3c(F)cccc3F)cccn2c1C(=O)N[C@@H](C)CO. The standard InChI is InChI=1S/C19H19F2N3O3/c1-11(9-25)22-19(26)17-12(2)23-18-16(7-4-8-24(17)18)27-10-13-14(20)5-3-6-15(13)21/h3-8,11,25H,9-10H2,1-2H3,(H,22,26)/t11-/m0/s1. The van der Waals surface area contributed by atoms with Crippen molar-refractivity contribution < 1.29 is 23.4 Å². The van der Waals surface area contributed by atoms with E-state index in [-0.39, 0.29) is 30.4 Å². The highest BCUT2D eigenvalue weighted by atomic mass is 19.1. The first kappa shape index (κ1) is 18.8. The zero-order chi connectivity index (χ0) is 19.6. The van der Waals surface area contributed by atoms with E-state index in [0.29, 0.717) is 17.0 Å². The van der Waals surface area contributed by atoms with Crippen molar-refractivity contribution in [1.29, 1.82) is 0 Å². The molecule has 0 saturated heterocycles. The third-order valence-corrected chi connectivity index (χ3v) is 4.09. The number of benzene rings is 1. The van der Waals surface area contributed by atoms with Crippen LogP contribution in [-0.4, -0.2) is 33.0 Å². The number of carbonyl (C=O) groups is 1. The van der Waals surface area contributed by atoms with Crippen molar-refractivity contribution in [3.05, 3.63) is 65.1 Å². The van der Waals surface area contributed by atoms with E-state index in [1.165, 1.54) is 6.07 Å². The van der Waals surface area contributed by atoms with Gasteiger partial charge in [-0.05, 0) is 38.1 Å². The zero-order valence-corrected chi connectivity index (χ0v) is 14.9. The molecule has 0 aliphatic carbocycles.